The highest BCUT2D eigenvalue weighted by atomic mass is 19.4. The van der Waals surface area contributed by atoms with E-state index in [0.717, 1.165) is 44.8 Å². The topological polar surface area (TPSA) is 28.7 Å². The van der Waals surface area contributed by atoms with Gasteiger partial charge >= 0.3 is 6.18 Å². The molecule has 6 heterocycles. The van der Waals surface area contributed by atoms with Gasteiger partial charge in [0.1, 0.15) is 6.04 Å². The largest absolute Gasteiger partial charge is 0.404 e. The molecule has 0 aliphatic carbocycles. The number of halogens is 3. The van der Waals surface area contributed by atoms with Gasteiger partial charge in [0.15, 0.2) is 0 Å². The fourth-order valence-corrected chi connectivity index (χ4v) is 10.3. The van der Waals surface area contributed by atoms with Gasteiger partial charge in [0.2, 0.25) is 0 Å². The zero-order valence-electron chi connectivity index (χ0n) is 46.4. The van der Waals surface area contributed by atoms with Crippen LogP contribution in [0.25, 0.3) is 0 Å². The molecule has 64 heavy (non-hydrogen) atoms. The van der Waals surface area contributed by atoms with Crippen LogP contribution < -0.4 is 0 Å². The maximum atomic E-state index is 12.7. The first-order valence-corrected chi connectivity index (χ1v) is 26.3. The Balaban J connectivity index is 0.000000386. The molecule has 6 fully saturated rings. The van der Waals surface area contributed by atoms with E-state index in [4.69, 9.17) is 4.74 Å². The number of morpholine rings is 1. The second kappa shape index (κ2) is 27.0. The van der Waals surface area contributed by atoms with Crippen molar-refractivity contribution in [2.24, 2.45) is 0 Å². The lowest BCUT2D eigenvalue weighted by Crippen LogP contribution is -2.56. The first-order chi connectivity index (χ1) is 29.1. The molecule has 0 aromatic heterocycles. The molecule has 0 N–H and O–H groups in total. The van der Waals surface area contributed by atoms with Crippen LogP contribution in [0.2, 0.25) is 0 Å². The van der Waals surface area contributed by atoms with E-state index in [9.17, 15) is 13.2 Å². The van der Waals surface area contributed by atoms with Crippen molar-refractivity contribution in [3.8, 4) is 0 Å². The van der Waals surface area contributed by atoms with E-state index in [-0.39, 0.29) is 12.0 Å². The Bertz CT molecular complexity index is 1150. The highest BCUT2D eigenvalue weighted by Crippen LogP contribution is 2.36. The molecule has 384 valence electrons. The summed E-state index contributed by atoms with van der Waals surface area (Å²) in [5, 5.41) is 0. The predicted octanol–water partition coefficient (Wildman–Crippen LogP) is 13.4. The number of rotatable bonds is 0. The van der Waals surface area contributed by atoms with Crippen molar-refractivity contribution in [2.45, 2.75) is 279 Å². The molecule has 10 heteroatoms. The van der Waals surface area contributed by atoms with Crippen LogP contribution >= 0.6 is 0 Å². The van der Waals surface area contributed by atoms with Gasteiger partial charge in [0.25, 0.3) is 0 Å². The first-order valence-electron chi connectivity index (χ1n) is 26.3. The van der Waals surface area contributed by atoms with Crippen molar-refractivity contribution >= 4 is 0 Å². The van der Waals surface area contributed by atoms with E-state index in [1.54, 1.807) is 4.90 Å². The number of piperidine rings is 3. The monoisotopic (exact) mass is 917 g/mol. The van der Waals surface area contributed by atoms with Gasteiger partial charge in [-0.25, -0.2) is 0 Å². The van der Waals surface area contributed by atoms with E-state index in [1.165, 1.54) is 103 Å². The van der Waals surface area contributed by atoms with Crippen LogP contribution in [0.15, 0.2) is 0 Å². The Labute approximate surface area is 397 Å². The van der Waals surface area contributed by atoms with Crippen LogP contribution in [0.1, 0.15) is 222 Å². The van der Waals surface area contributed by atoms with Crippen molar-refractivity contribution in [3.63, 3.8) is 0 Å². The third-order valence-electron chi connectivity index (χ3n) is 14.1. The van der Waals surface area contributed by atoms with Gasteiger partial charge in [-0.1, -0.05) is 19.3 Å². The van der Waals surface area contributed by atoms with Crippen molar-refractivity contribution in [1.29, 1.82) is 0 Å². The van der Waals surface area contributed by atoms with Gasteiger partial charge in [-0.05, 0) is 248 Å². The lowest BCUT2D eigenvalue weighted by Gasteiger charge is -2.45. The molecule has 0 aromatic carbocycles. The number of ether oxygens (including phenoxy) is 1. The number of nitrogens with zero attached hydrogens (tertiary/aromatic N) is 6. The number of hydrogen-bond acceptors (Lipinski definition) is 7. The number of alkyl halides is 3. The summed E-state index contributed by atoms with van der Waals surface area (Å²) in [6, 6.07) is 0.361. The van der Waals surface area contributed by atoms with E-state index in [0.29, 0.717) is 40.7 Å². The molecule has 0 spiro atoms. The molecule has 0 aromatic rings. The molecule has 0 saturated carbocycles. The number of likely N-dealkylation sites (tertiary alicyclic amines) is 5. The first kappa shape index (κ1) is 61.5. The molecule has 0 amide bonds. The van der Waals surface area contributed by atoms with Crippen molar-refractivity contribution in [3.05, 3.63) is 0 Å². The van der Waals surface area contributed by atoms with Crippen LogP contribution in [0.5, 0.6) is 0 Å². The molecular formula is C54H111F3N6O. The van der Waals surface area contributed by atoms with Gasteiger partial charge in [0, 0.05) is 58.4 Å². The van der Waals surface area contributed by atoms with Crippen LogP contribution in [0.3, 0.4) is 0 Å². The molecule has 6 aliphatic rings. The zero-order chi connectivity index (χ0) is 49.4. The quantitative estimate of drug-likeness (QED) is 0.239. The SMILES string of the molecule is CC(C)(C)N1CCCC1.CC(C)(C)N1CCCCC1.CC(C)(C)N1CCCCC1C(F)(F)F.CC(C)(C)N1CCOCC1.CC1CCCCN1C(C)(C)C.CC1CCCN1C(C)(C)C. The average molecular weight is 918 g/mol. The molecule has 7 nitrogen and oxygen atoms in total. The second-order valence-corrected chi connectivity index (χ2v) is 25.8. The summed E-state index contributed by atoms with van der Waals surface area (Å²) in [6.07, 6.45) is 11.8. The van der Waals surface area contributed by atoms with E-state index < -0.39 is 12.2 Å². The summed E-state index contributed by atoms with van der Waals surface area (Å²) in [6.45, 7) is 57.0. The minimum absolute atomic E-state index is 0.251. The Kier molecular flexibility index (Phi) is 26.0. The molecular weight excluding hydrogens is 806 g/mol. The van der Waals surface area contributed by atoms with Crippen molar-refractivity contribution < 1.29 is 17.9 Å². The summed E-state index contributed by atoms with van der Waals surface area (Å²) in [5.74, 6) is 0. The highest BCUT2D eigenvalue weighted by Gasteiger charge is 2.47. The fraction of sp³-hybridized carbons (Fsp3) is 1.00. The van der Waals surface area contributed by atoms with E-state index in [2.05, 4.69) is 142 Å². The van der Waals surface area contributed by atoms with Crippen molar-refractivity contribution in [1.82, 2.24) is 29.4 Å². The van der Waals surface area contributed by atoms with Gasteiger partial charge in [-0.3, -0.25) is 29.4 Å². The van der Waals surface area contributed by atoms with Crippen LogP contribution in [0, 0.1) is 0 Å². The summed E-state index contributed by atoms with van der Waals surface area (Å²) in [7, 11) is 0. The third kappa shape index (κ3) is 24.2. The molecule has 3 unspecified atom stereocenters. The zero-order valence-corrected chi connectivity index (χ0v) is 46.4. The molecule has 0 bridgehead atoms. The normalized spacial score (nSPS) is 25.8. The smallest absolute Gasteiger partial charge is 0.379 e. The maximum absolute atomic E-state index is 12.7. The lowest BCUT2D eigenvalue weighted by molar-refractivity contribution is -0.203. The van der Waals surface area contributed by atoms with E-state index in [1.807, 2.05) is 20.8 Å². The Morgan fingerprint density at radius 3 is 0.891 bits per heavy atom. The Morgan fingerprint density at radius 1 is 0.328 bits per heavy atom. The molecule has 3 atom stereocenters. The average Bonchev–Trinajstić information content (AvgIpc) is 3.89. The predicted molar refractivity (Wildman–Crippen MR) is 273 cm³/mol. The molecule has 6 rings (SSSR count). The lowest BCUT2D eigenvalue weighted by atomic mass is 9.94. The third-order valence-corrected chi connectivity index (χ3v) is 14.1. The van der Waals surface area contributed by atoms with Gasteiger partial charge < -0.3 is 4.74 Å². The summed E-state index contributed by atoms with van der Waals surface area (Å²) in [4.78, 5) is 14.4. The van der Waals surface area contributed by atoms with Crippen LogP contribution in [-0.2, 0) is 4.74 Å². The fourth-order valence-electron chi connectivity index (χ4n) is 10.3. The van der Waals surface area contributed by atoms with Gasteiger partial charge in [0.05, 0.1) is 13.2 Å². The Hall–Kier alpha value is -0.490. The van der Waals surface area contributed by atoms with Crippen LogP contribution in [0.4, 0.5) is 13.2 Å². The standard InChI is InChI=1S/C10H18F3N.C10H21N.2C9H19N.C8H17NO.C8H17N/c1-9(2,3)14-7-5-4-6-8(14)10(11,12)13;1-9-7-5-6-8-11(9)10(2,3)4;1-8-6-5-7-10(8)9(2,3)4;1-9(2,3)10-7-5-4-6-8-10;1-8(2,3)9-4-6-10-7-5-9;1-8(2,3)9-6-4-5-7-9/h8H,4-7H2,1-3H3;9H,5-8H2,1-4H3;8H,5-7H2,1-4H3;4-8H2,1-3H3;4-7H2,1-3H3;4-7H2,1-3H3. The second-order valence-electron chi connectivity index (χ2n) is 25.8. The molecule has 6 aliphatic heterocycles. The summed E-state index contributed by atoms with van der Waals surface area (Å²) in [5.41, 5.74) is 1.51. The minimum atomic E-state index is -4.08. The highest BCUT2D eigenvalue weighted by molar-refractivity contribution is 4.90. The summed E-state index contributed by atoms with van der Waals surface area (Å²) >= 11 is 0. The van der Waals surface area contributed by atoms with Gasteiger partial charge in [-0.2, -0.15) is 13.2 Å². The summed E-state index contributed by atoms with van der Waals surface area (Å²) < 4.78 is 43.3. The van der Waals surface area contributed by atoms with Crippen LogP contribution in [-0.4, -0.2) is 159 Å². The maximum Gasteiger partial charge on any atom is 0.404 e. The minimum Gasteiger partial charge on any atom is -0.379 e. The molecule has 0 radical (unpaired) electrons. The molecule has 6 saturated heterocycles. The van der Waals surface area contributed by atoms with Gasteiger partial charge in [-0.15, -0.1) is 0 Å². The van der Waals surface area contributed by atoms with E-state index >= 15 is 0 Å². The Morgan fingerprint density at radius 2 is 0.625 bits per heavy atom. The number of hydrogen-bond donors (Lipinski definition) is 0. The van der Waals surface area contributed by atoms with Crippen molar-refractivity contribution in [2.75, 3.05) is 72.1 Å².